The predicted octanol–water partition coefficient (Wildman–Crippen LogP) is 2.43. The Morgan fingerprint density at radius 2 is 2.21 bits per heavy atom. The van der Waals surface area contributed by atoms with E-state index in [-0.39, 0.29) is 5.91 Å². The zero-order valence-corrected chi connectivity index (χ0v) is 15.1. The summed E-state index contributed by atoms with van der Waals surface area (Å²) in [6.07, 6.45) is 3.97. The van der Waals surface area contributed by atoms with Crippen molar-refractivity contribution in [2.75, 3.05) is 32.6 Å². The van der Waals surface area contributed by atoms with Gasteiger partial charge in [-0.1, -0.05) is 18.7 Å². The van der Waals surface area contributed by atoms with Crippen molar-refractivity contribution in [2.45, 2.75) is 31.5 Å². The summed E-state index contributed by atoms with van der Waals surface area (Å²) < 4.78 is 7.23. The van der Waals surface area contributed by atoms with Gasteiger partial charge in [0.25, 0.3) is 0 Å². The van der Waals surface area contributed by atoms with Crippen LogP contribution in [0.25, 0.3) is 11.2 Å². The first-order chi connectivity index (χ1) is 11.7. The molecule has 1 aliphatic rings. The van der Waals surface area contributed by atoms with E-state index in [0.29, 0.717) is 18.9 Å². The number of hydrogen-bond donors (Lipinski definition) is 0. The Labute approximate surface area is 146 Å². The van der Waals surface area contributed by atoms with Crippen LogP contribution in [0.3, 0.4) is 0 Å². The molecule has 0 bridgehead atoms. The maximum absolute atomic E-state index is 12.4. The quantitative estimate of drug-likeness (QED) is 0.751. The number of aromatic nitrogens is 3. The van der Waals surface area contributed by atoms with Crippen molar-refractivity contribution in [1.29, 1.82) is 0 Å². The molecule has 0 saturated carbocycles. The van der Waals surface area contributed by atoms with E-state index in [1.807, 2.05) is 21.6 Å². The maximum Gasteiger partial charge on any atom is 0.233 e. The number of likely N-dealkylation sites (tertiary alicyclic amines) is 1. The van der Waals surface area contributed by atoms with Crippen LogP contribution in [0.1, 0.15) is 19.8 Å². The summed E-state index contributed by atoms with van der Waals surface area (Å²) in [5.74, 6) is 1.35. The minimum atomic E-state index is 0.199. The molecule has 0 radical (unpaired) electrons. The third kappa shape index (κ3) is 3.89. The third-order valence-electron chi connectivity index (χ3n) is 4.45. The summed E-state index contributed by atoms with van der Waals surface area (Å²) in [6.45, 7) is 5.28. The smallest absolute Gasteiger partial charge is 0.233 e. The van der Waals surface area contributed by atoms with Gasteiger partial charge >= 0.3 is 0 Å². The number of rotatable bonds is 6. The monoisotopic (exact) mass is 348 g/mol. The van der Waals surface area contributed by atoms with E-state index in [2.05, 4.69) is 16.9 Å². The topological polar surface area (TPSA) is 60.2 Å². The Balaban J connectivity index is 1.69. The highest BCUT2D eigenvalue weighted by Gasteiger charge is 2.21. The van der Waals surface area contributed by atoms with Crippen LogP contribution in [0.2, 0.25) is 0 Å². The molecule has 2 aromatic rings. The Bertz CT molecular complexity index is 695. The highest BCUT2D eigenvalue weighted by Crippen LogP contribution is 2.24. The van der Waals surface area contributed by atoms with Crippen LogP contribution in [0.15, 0.2) is 23.5 Å². The lowest BCUT2D eigenvalue weighted by molar-refractivity contribution is -0.129. The Morgan fingerprint density at radius 3 is 2.96 bits per heavy atom. The number of imidazole rings is 1. The third-order valence-corrected chi connectivity index (χ3v) is 5.41. The molecule has 0 spiro atoms. The van der Waals surface area contributed by atoms with Crippen molar-refractivity contribution in [1.82, 2.24) is 19.4 Å². The zero-order valence-electron chi connectivity index (χ0n) is 14.3. The summed E-state index contributed by atoms with van der Waals surface area (Å²) in [5, 5.41) is 0.833. The molecule has 1 amide bonds. The summed E-state index contributed by atoms with van der Waals surface area (Å²) in [7, 11) is 1.68. The second-order valence-electron chi connectivity index (χ2n) is 6.24. The first-order valence-electron chi connectivity index (χ1n) is 8.40. The number of ether oxygens (including phenoxy) is 1. The molecule has 0 N–H and O–H groups in total. The number of carbonyl (C=O) groups excluding carboxylic acids is 1. The second-order valence-corrected chi connectivity index (χ2v) is 7.18. The summed E-state index contributed by atoms with van der Waals surface area (Å²) in [5.41, 5.74) is 1.70. The fraction of sp³-hybridized carbons (Fsp3) is 0.588. The van der Waals surface area contributed by atoms with Crippen molar-refractivity contribution in [2.24, 2.45) is 5.92 Å². The van der Waals surface area contributed by atoms with E-state index < -0.39 is 0 Å². The van der Waals surface area contributed by atoms with Gasteiger partial charge < -0.3 is 14.2 Å². The highest BCUT2D eigenvalue weighted by molar-refractivity contribution is 7.99. The van der Waals surface area contributed by atoms with E-state index in [9.17, 15) is 4.79 Å². The first kappa shape index (κ1) is 17.2. The highest BCUT2D eigenvalue weighted by atomic mass is 32.2. The molecule has 1 saturated heterocycles. The SMILES string of the molecule is COCCn1c(SCC(=O)N2CCC(C)CC2)nc2cccnc21. The molecule has 3 heterocycles. The maximum atomic E-state index is 12.4. The molecule has 0 atom stereocenters. The van der Waals surface area contributed by atoms with E-state index >= 15 is 0 Å². The Morgan fingerprint density at radius 1 is 1.42 bits per heavy atom. The summed E-state index contributed by atoms with van der Waals surface area (Å²) >= 11 is 1.49. The van der Waals surface area contributed by atoms with E-state index in [1.165, 1.54) is 11.8 Å². The van der Waals surface area contributed by atoms with Crippen LogP contribution < -0.4 is 0 Å². The molecule has 0 aromatic carbocycles. The number of fused-ring (bicyclic) bond motifs is 1. The van der Waals surface area contributed by atoms with Gasteiger partial charge in [-0.05, 0) is 30.9 Å². The van der Waals surface area contributed by atoms with Gasteiger partial charge in [-0.3, -0.25) is 4.79 Å². The fourth-order valence-corrected chi connectivity index (χ4v) is 3.84. The number of thioether (sulfide) groups is 1. The Hall–Kier alpha value is -1.60. The molecule has 6 nitrogen and oxygen atoms in total. The standard InChI is InChI=1S/C17H24N4O2S/c1-13-5-8-20(9-6-13)15(22)12-24-17-19-14-4-3-7-18-16(14)21(17)10-11-23-2/h3-4,7,13H,5-6,8-12H2,1-2H3. The lowest BCUT2D eigenvalue weighted by Gasteiger charge is -2.30. The van der Waals surface area contributed by atoms with Crippen molar-refractivity contribution >= 4 is 28.8 Å². The summed E-state index contributed by atoms with van der Waals surface area (Å²) in [4.78, 5) is 23.5. The van der Waals surface area contributed by atoms with E-state index in [0.717, 1.165) is 48.2 Å². The predicted molar refractivity (Wildman–Crippen MR) is 95.1 cm³/mol. The van der Waals surface area contributed by atoms with Gasteiger partial charge in [0.1, 0.15) is 5.52 Å². The number of amides is 1. The average Bonchev–Trinajstić information content (AvgIpc) is 2.96. The van der Waals surface area contributed by atoms with Crippen LogP contribution in [-0.4, -0.2) is 57.9 Å². The van der Waals surface area contributed by atoms with Gasteiger partial charge in [0.2, 0.25) is 5.91 Å². The normalized spacial score (nSPS) is 16.0. The fourth-order valence-electron chi connectivity index (χ4n) is 2.91. The number of methoxy groups -OCH3 is 1. The average molecular weight is 348 g/mol. The van der Waals surface area contributed by atoms with Crippen LogP contribution in [0.4, 0.5) is 0 Å². The minimum absolute atomic E-state index is 0.199. The number of nitrogens with zero attached hydrogens (tertiary/aromatic N) is 4. The number of piperidine rings is 1. The van der Waals surface area contributed by atoms with Crippen LogP contribution >= 0.6 is 11.8 Å². The molecule has 130 valence electrons. The second kappa shape index (κ2) is 7.98. The molecule has 3 rings (SSSR count). The zero-order chi connectivity index (χ0) is 16.9. The lowest BCUT2D eigenvalue weighted by atomic mass is 9.99. The van der Waals surface area contributed by atoms with Crippen LogP contribution in [0.5, 0.6) is 0 Å². The molecule has 0 unspecified atom stereocenters. The van der Waals surface area contributed by atoms with Gasteiger partial charge in [0.15, 0.2) is 10.8 Å². The van der Waals surface area contributed by atoms with Crippen LogP contribution in [-0.2, 0) is 16.1 Å². The minimum Gasteiger partial charge on any atom is -0.383 e. The first-order valence-corrected chi connectivity index (χ1v) is 9.38. The van der Waals surface area contributed by atoms with Crippen molar-refractivity contribution in [3.8, 4) is 0 Å². The van der Waals surface area contributed by atoms with Crippen molar-refractivity contribution in [3.63, 3.8) is 0 Å². The molecule has 1 aliphatic heterocycles. The Kier molecular flexibility index (Phi) is 5.73. The van der Waals surface area contributed by atoms with Gasteiger partial charge in [0, 0.05) is 26.4 Å². The van der Waals surface area contributed by atoms with Crippen molar-refractivity contribution in [3.05, 3.63) is 18.3 Å². The van der Waals surface area contributed by atoms with Gasteiger partial charge in [-0.2, -0.15) is 0 Å². The lowest BCUT2D eigenvalue weighted by Crippen LogP contribution is -2.38. The van der Waals surface area contributed by atoms with Gasteiger partial charge in [0.05, 0.1) is 18.9 Å². The molecule has 24 heavy (non-hydrogen) atoms. The largest absolute Gasteiger partial charge is 0.383 e. The van der Waals surface area contributed by atoms with Crippen LogP contribution in [0, 0.1) is 5.92 Å². The van der Waals surface area contributed by atoms with Crippen molar-refractivity contribution < 1.29 is 9.53 Å². The number of hydrogen-bond acceptors (Lipinski definition) is 5. The number of pyridine rings is 1. The number of carbonyl (C=O) groups is 1. The summed E-state index contributed by atoms with van der Waals surface area (Å²) in [6, 6.07) is 3.83. The molecule has 7 heteroatoms. The molecule has 2 aromatic heterocycles. The van der Waals surface area contributed by atoms with E-state index in [4.69, 9.17) is 4.74 Å². The van der Waals surface area contributed by atoms with E-state index in [1.54, 1.807) is 13.3 Å². The van der Waals surface area contributed by atoms with Gasteiger partial charge in [-0.15, -0.1) is 0 Å². The molecule has 0 aliphatic carbocycles. The van der Waals surface area contributed by atoms with Gasteiger partial charge in [-0.25, -0.2) is 9.97 Å². The molecular weight excluding hydrogens is 324 g/mol. The molecule has 1 fully saturated rings. The molecular formula is C17H24N4O2S.